The summed E-state index contributed by atoms with van der Waals surface area (Å²) in [5.74, 6) is -5.34. The second-order valence-electron chi connectivity index (χ2n) is 7.54. The Hall–Kier alpha value is -4.05. The van der Waals surface area contributed by atoms with Gasteiger partial charge in [0.05, 0.1) is 13.5 Å². The molecule has 3 rings (SSSR count). The average molecular weight is 486 g/mol. The normalized spacial score (nSPS) is 11.6. The zero-order valence-electron chi connectivity index (χ0n) is 19.1. The molecule has 35 heavy (non-hydrogen) atoms. The first kappa shape index (κ1) is 25.6. The van der Waals surface area contributed by atoms with Crippen molar-refractivity contribution in [3.8, 4) is 28.6 Å². The van der Waals surface area contributed by atoms with Gasteiger partial charge < -0.3 is 25.1 Å². The van der Waals surface area contributed by atoms with Crippen LogP contribution in [0.5, 0.6) is 17.5 Å². The number of esters is 1. The van der Waals surface area contributed by atoms with E-state index in [2.05, 4.69) is 4.98 Å². The molecule has 0 amide bonds. The molecular weight excluding hydrogens is 462 g/mol. The van der Waals surface area contributed by atoms with E-state index in [9.17, 15) is 18.4 Å². The van der Waals surface area contributed by atoms with Crippen LogP contribution in [0, 0.1) is 11.6 Å². The van der Waals surface area contributed by atoms with E-state index >= 15 is 0 Å². The number of pyridine rings is 1. The molecule has 1 atom stereocenters. The van der Waals surface area contributed by atoms with E-state index in [0.29, 0.717) is 23.7 Å². The number of benzene rings is 2. The summed E-state index contributed by atoms with van der Waals surface area (Å²) in [5, 5.41) is 9.16. The number of carbonyl (C=O) groups excluding carboxylic acids is 1. The number of halogens is 2. The molecule has 0 aliphatic carbocycles. The lowest BCUT2D eigenvalue weighted by molar-refractivity contribution is -0.145. The van der Waals surface area contributed by atoms with Crippen LogP contribution < -0.4 is 15.2 Å². The highest BCUT2D eigenvalue weighted by molar-refractivity contribution is 5.75. The van der Waals surface area contributed by atoms with Crippen LogP contribution in [0.2, 0.25) is 0 Å². The molecule has 3 N–H and O–H groups in total. The number of aliphatic carboxylic acids is 1. The van der Waals surface area contributed by atoms with Crippen molar-refractivity contribution in [1.29, 1.82) is 0 Å². The summed E-state index contributed by atoms with van der Waals surface area (Å²) in [4.78, 5) is 26.8. The molecule has 2 aromatic carbocycles. The van der Waals surface area contributed by atoms with Crippen LogP contribution in [0.3, 0.4) is 0 Å². The minimum Gasteiger partial charge on any atom is -0.479 e. The molecule has 1 aromatic heterocycles. The van der Waals surface area contributed by atoms with Crippen LogP contribution in [-0.2, 0) is 27.3 Å². The third kappa shape index (κ3) is 6.51. The Bertz CT molecular complexity index is 1230. The van der Waals surface area contributed by atoms with Crippen LogP contribution in [0.1, 0.15) is 24.5 Å². The van der Waals surface area contributed by atoms with Crippen molar-refractivity contribution in [3.63, 3.8) is 0 Å². The highest BCUT2D eigenvalue weighted by Crippen LogP contribution is 2.32. The first-order valence-electron chi connectivity index (χ1n) is 10.7. The van der Waals surface area contributed by atoms with Gasteiger partial charge in [0.15, 0.2) is 17.7 Å². The molecule has 10 heteroatoms. The van der Waals surface area contributed by atoms with Gasteiger partial charge in [0.2, 0.25) is 0 Å². The third-order valence-electron chi connectivity index (χ3n) is 5.02. The summed E-state index contributed by atoms with van der Waals surface area (Å²) in [7, 11) is 1.26. The van der Waals surface area contributed by atoms with Crippen molar-refractivity contribution >= 4 is 11.9 Å². The Labute approximate surface area is 200 Å². The quantitative estimate of drug-likeness (QED) is 0.409. The van der Waals surface area contributed by atoms with Gasteiger partial charge in [-0.05, 0) is 46.9 Å². The smallest absolute Gasteiger partial charge is 0.344 e. The van der Waals surface area contributed by atoms with Gasteiger partial charge in [-0.3, -0.25) is 4.79 Å². The van der Waals surface area contributed by atoms with Gasteiger partial charge >= 0.3 is 11.9 Å². The van der Waals surface area contributed by atoms with Gasteiger partial charge in [0, 0.05) is 12.6 Å². The van der Waals surface area contributed by atoms with E-state index in [4.69, 9.17) is 25.1 Å². The lowest BCUT2D eigenvalue weighted by Gasteiger charge is -2.15. The maximum atomic E-state index is 14.5. The second kappa shape index (κ2) is 11.4. The van der Waals surface area contributed by atoms with Crippen molar-refractivity contribution < 1.29 is 37.7 Å². The molecule has 0 aliphatic rings. The molecule has 0 unspecified atom stereocenters. The van der Waals surface area contributed by atoms with Gasteiger partial charge in [-0.15, -0.1) is 0 Å². The number of nitrogens with two attached hydrogens (primary N) is 1. The van der Waals surface area contributed by atoms with Gasteiger partial charge in [-0.1, -0.05) is 31.2 Å². The van der Waals surface area contributed by atoms with Crippen LogP contribution in [0.25, 0.3) is 11.1 Å². The summed E-state index contributed by atoms with van der Waals surface area (Å²) in [5.41, 5.74) is 8.54. The van der Waals surface area contributed by atoms with Crippen LogP contribution >= 0.6 is 0 Å². The predicted molar refractivity (Wildman–Crippen MR) is 122 cm³/mol. The second-order valence-corrected chi connectivity index (χ2v) is 7.54. The number of rotatable bonds is 10. The van der Waals surface area contributed by atoms with Crippen molar-refractivity contribution in [3.05, 3.63) is 71.3 Å². The summed E-state index contributed by atoms with van der Waals surface area (Å²) in [6.07, 6.45) is -1.42. The minimum atomic E-state index is -1.37. The van der Waals surface area contributed by atoms with Gasteiger partial charge in [-0.2, -0.15) is 4.98 Å². The lowest BCUT2D eigenvalue weighted by Crippen LogP contribution is -2.26. The number of hydrogen-bond donors (Lipinski definition) is 2. The lowest BCUT2D eigenvalue weighted by atomic mass is 9.99. The molecule has 0 spiro atoms. The minimum absolute atomic E-state index is 0.0326. The summed E-state index contributed by atoms with van der Waals surface area (Å²) >= 11 is 0. The van der Waals surface area contributed by atoms with Crippen LogP contribution in [0.4, 0.5) is 8.78 Å². The van der Waals surface area contributed by atoms with Gasteiger partial charge in [0.25, 0.3) is 11.8 Å². The third-order valence-corrected chi connectivity index (χ3v) is 5.02. The van der Waals surface area contributed by atoms with Crippen LogP contribution in [0.15, 0.2) is 48.5 Å². The Kier molecular flexibility index (Phi) is 8.32. The Morgan fingerprint density at radius 3 is 2.40 bits per heavy atom. The monoisotopic (exact) mass is 486 g/mol. The zero-order chi connectivity index (χ0) is 25.5. The van der Waals surface area contributed by atoms with Crippen LogP contribution in [-0.4, -0.2) is 35.2 Å². The van der Waals surface area contributed by atoms with E-state index in [1.165, 1.54) is 20.1 Å². The van der Waals surface area contributed by atoms with Gasteiger partial charge in [-0.25, -0.2) is 13.6 Å². The predicted octanol–water partition coefficient (Wildman–Crippen LogP) is 4.24. The van der Waals surface area contributed by atoms with Crippen molar-refractivity contribution in [2.45, 2.75) is 32.4 Å². The van der Waals surface area contributed by atoms with E-state index in [1.807, 2.05) is 24.3 Å². The fourth-order valence-electron chi connectivity index (χ4n) is 3.25. The number of hydrogen-bond acceptors (Lipinski definition) is 7. The van der Waals surface area contributed by atoms with E-state index < -0.39 is 41.4 Å². The van der Waals surface area contributed by atoms with Gasteiger partial charge in [0.1, 0.15) is 5.75 Å². The Balaban J connectivity index is 2.02. The largest absolute Gasteiger partial charge is 0.479 e. The molecular formula is C25H24F2N2O6. The molecule has 1 heterocycles. The highest BCUT2D eigenvalue weighted by atomic mass is 19.1. The number of carboxylic acids is 1. The fourth-order valence-corrected chi connectivity index (χ4v) is 3.25. The van der Waals surface area contributed by atoms with E-state index in [1.54, 1.807) is 12.1 Å². The summed E-state index contributed by atoms with van der Waals surface area (Å²) in [6, 6.07) is 12.7. The van der Waals surface area contributed by atoms with Crippen molar-refractivity contribution in [2.24, 2.45) is 5.73 Å². The highest BCUT2D eigenvalue weighted by Gasteiger charge is 2.22. The molecule has 8 nitrogen and oxygen atoms in total. The maximum Gasteiger partial charge on any atom is 0.344 e. The average Bonchev–Trinajstić information content (AvgIpc) is 2.84. The number of methoxy groups -OCH3 is 1. The number of carboxylic acid groups (broad SMARTS) is 1. The SMILES string of the molecule is CC[C@@H](Oc1nc(Oc2cc(CC(=O)OC)cc(-c3cccc(CN)c3)c2)c(F)cc1F)C(=O)O. The standard InChI is InChI=1S/C25H24F2N2O6/c1-3-21(25(31)32)35-24-20(27)12-19(26)23(29-24)34-18-9-15(10-22(30)33-2)8-17(11-18)16-6-4-5-14(7-16)13-28/h4-9,11-12,21H,3,10,13,28H2,1-2H3,(H,31,32)/t21-/m1/s1. The molecule has 0 saturated carbocycles. The van der Waals surface area contributed by atoms with E-state index in [-0.39, 0.29) is 18.6 Å². The zero-order valence-corrected chi connectivity index (χ0v) is 19.1. The van der Waals surface area contributed by atoms with E-state index in [0.717, 1.165) is 11.1 Å². The molecule has 0 bridgehead atoms. The molecule has 184 valence electrons. The maximum absolute atomic E-state index is 14.5. The molecule has 3 aromatic rings. The molecule has 0 aliphatic heterocycles. The number of ether oxygens (including phenoxy) is 3. The topological polar surface area (TPSA) is 121 Å². The number of nitrogens with zero attached hydrogens (tertiary/aromatic N) is 1. The first-order chi connectivity index (χ1) is 16.7. The molecule has 0 fully saturated rings. The number of aromatic nitrogens is 1. The summed E-state index contributed by atoms with van der Waals surface area (Å²) < 4.78 is 44.1. The molecule has 0 radical (unpaired) electrons. The Morgan fingerprint density at radius 1 is 1.03 bits per heavy atom. The van der Waals surface area contributed by atoms with Crippen molar-refractivity contribution in [2.75, 3.05) is 7.11 Å². The summed E-state index contributed by atoms with van der Waals surface area (Å²) in [6.45, 7) is 1.85. The fraction of sp³-hybridized carbons (Fsp3) is 0.240. The molecule has 0 saturated heterocycles. The number of carbonyl (C=O) groups is 2. The van der Waals surface area contributed by atoms with Crippen molar-refractivity contribution in [1.82, 2.24) is 4.98 Å². The first-order valence-corrected chi connectivity index (χ1v) is 10.7. The Morgan fingerprint density at radius 2 is 1.74 bits per heavy atom.